The standard InChI is InChI=1S/C16H19Br2NOS/c1-5-19-15(14-8-12(17)16(18)21-14)11-6-10(3)13(20-4)7-9(11)2/h6-8,15,19H,5H2,1-4H3. The van der Waals surface area contributed by atoms with Gasteiger partial charge in [-0.15, -0.1) is 11.3 Å². The monoisotopic (exact) mass is 431 g/mol. The summed E-state index contributed by atoms with van der Waals surface area (Å²) in [6.45, 7) is 7.28. The van der Waals surface area contributed by atoms with Gasteiger partial charge in [-0.05, 0) is 81.1 Å². The Morgan fingerprint density at radius 3 is 2.43 bits per heavy atom. The van der Waals surface area contributed by atoms with E-state index in [1.165, 1.54) is 16.0 Å². The molecule has 1 aromatic heterocycles. The lowest BCUT2D eigenvalue weighted by Gasteiger charge is -2.21. The van der Waals surface area contributed by atoms with E-state index in [4.69, 9.17) is 4.74 Å². The molecule has 0 amide bonds. The van der Waals surface area contributed by atoms with Crippen LogP contribution < -0.4 is 10.1 Å². The third kappa shape index (κ3) is 3.70. The van der Waals surface area contributed by atoms with Crippen LogP contribution >= 0.6 is 43.2 Å². The largest absolute Gasteiger partial charge is 0.496 e. The summed E-state index contributed by atoms with van der Waals surface area (Å²) in [5, 5.41) is 3.59. The van der Waals surface area contributed by atoms with Gasteiger partial charge in [0.15, 0.2) is 0 Å². The molecule has 0 fully saturated rings. The number of hydrogen-bond acceptors (Lipinski definition) is 3. The first kappa shape index (κ1) is 17.0. The molecular formula is C16H19Br2NOS. The van der Waals surface area contributed by atoms with E-state index in [1.54, 1.807) is 18.4 Å². The Morgan fingerprint density at radius 2 is 1.90 bits per heavy atom. The van der Waals surface area contributed by atoms with Gasteiger partial charge in [0.25, 0.3) is 0 Å². The van der Waals surface area contributed by atoms with Crippen LogP contribution in [-0.4, -0.2) is 13.7 Å². The normalized spacial score (nSPS) is 12.5. The summed E-state index contributed by atoms with van der Waals surface area (Å²) >= 11 is 8.93. The number of halogens is 2. The van der Waals surface area contributed by atoms with Gasteiger partial charge in [0.1, 0.15) is 5.75 Å². The Morgan fingerprint density at radius 1 is 1.19 bits per heavy atom. The summed E-state index contributed by atoms with van der Waals surface area (Å²) in [6.07, 6.45) is 0. The molecule has 0 spiro atoms. The number of hydrogen-bond donors (Lipinski definition) is 1. The van der Waals surface area contributed by atoms with Crippen LogP contribution in [0.4, 0.5) is 0 Å². The lowest BCUT2D eigenvalue weighted by atomic mass is 9.97. The molecule has 5 heteroatoms. The summed E-state index contributed by atoms with van der Waals surface area (Å²) in [4.78, 5) is 1.29. The Bertz CT molecular complexity index is 620. The maximum atomic E-state index is 5.42. The fourth-order valence-corrected chi connectivity index (χ4v) is 4.60. The summed E-state index contributed by atoms with van der Waals surface area (Å²) in [5.74, 6) is 0.944. The van der Waals surface area contributed by atoms with E-state index in [-0.39, 0.29) is 6.04 Å². The predicted molar refractivity (Wildman–Crippen MR) is 97.7 cm³/mol. The molecule has 0 bridgehead atoms. The van der Waals surface area contributed by atoms with Gasteiger partial charge in [0, 0.05) is 9.35 Å². The first-order valence-corrected chi connectivity index (χ1v) is 9.21. The molecule has 0 saturated heterocycles. The molecule has 114 valence electrons. The van der Waals surface area contributed by atoms with Gasteiger partial charge >= 0.3 is 0 Å². The van der Waals surface area contributed by atoms with Crippen molar-refractivity contribution < 1.29 is 4.74 Å². The Kier molecular flexibility index (Phi) is 5.88. The average Bonchev–Trinajstić information content (AvgIpc) is 2.78. The Hall–Kier alpha value is -0.360. The van der Waals surface area contributed by atoms with Crippen molar-refractivity contribution in [2.75, 3.05) is 13.7 Å². The second-order valence-electron chi connectivity index (χ2n) is 4.94. The fraction of sp³-hybridized carbons (Fsp3) is 0.375. The maximum absolute atomic E-state index is 5.42. The van der Waals surface area contributed by atoms with Gasteiger partial charge in [0.2, 0.25) is 0 Å². The highest BCUT2D eigenvalue weighted by Gasteiger charge is 2.20. The van der Waals surface area contributed by atoms with E-state index >= 15 is 0 Å². The summed E-state index contributed by atoms with van der Waals surface area (Å²) in [6, 6.07) is 6.73. The zero-order chi connectivity index (χ0) is 15.6. The fourth-order valence-electron chi connectivity index (χ4n) is 2.42. The number of benzene rings is 1. The lowest BCUT2D eigenvalue weighted by Crippen LogP contribution is -2.22. The minimum atomic E-state index is 0.201. The van der Waals surface area contributed by atoms with Crippen molar-refractivity contribution in [3.05, 3.63) is 48.0 Å². The van der Waals surface area contributed by atoms with Gasteiger partial charge in [-0.25, -0.2) is 0 Å². The third-order valence-electron chi connectivity index (χ3n) is 3.45. The van der Waals surface area contributed by atoms with E-state index in [2.05, 4.69) is 76.1 Å². The molecule has 0 radical (unpaired) electrons. The van der Waals surface area contributed by atoms with E-state index < -0.39 is 0 Å². The van der Waals surface area contributed by atoms with Gasteiger partial charge in [-0.3, -0.25) is 0 Å². The predicted octanol–water partition coefficient (Wildman–Crippen LogP) is 5.60. The zero-order valence-corrected chi connectivity index (χ0v) is 16.6. The van der Waals surface area contributed by atoms with Crippen LogP contribution in [0.3, 0.4) is 0 Å². The summed E-state index contributed by atoms with van der Waals surface area (Å²) in [7, 11) is 1.72. The van der Waals surface area contributed by atoms with E-state index in [1.807, 2.05) is 0 Å². The summed E-state index contributed by atoms with van der Waals surface area (Å²) < 4.78 is 7.65. The minimum absolute atomic E-state index is 0.201. The molecule has 21 heavy (non-hydrogen) atoms. The molecule has 1 heterocycles. The molecule has 1 N–H and O–H groups in total. The molecule has 0 aliphatic rings. The average molecular weight is 433 g/mol. The molecule has 1 unspecified atom stereocenters. The second-order valence-corrected chi connectivity index (χ2v) is 8.20. The number of methoxy groups -OCH3 is 1. The van der Waals surface area contributed by atoms with E-state index in [0.29, 0.717) is 0 Å². The van der Waals surface area contributed by atoms with Crippen molar-refractivity contribution in [3.63, 3.8) is 0 Å². The van der Waals surface area contributed by atoms with Crippen molar-refractivity contribution in [2.45, 2.75) is 26.8 Å². The molecule has 0 aliphatic carbocycles. The molecule has 2 aromatic rings. The van der Waals surface area contributed by atoms with Crippen molar-refractivity contribution in [1.29, 1.82) is 0 Å². The van der Waals surface area contributed by atoms with Crippen LogP contribution in [0.25, 0.3) is 0 Å². The van der Waals surface area contributed by atoms with Crippen molar-refractivity contribution in [2.24, 2.45) is 0 Å². The van der Waals surface area contributed by atoms with Crippen LogP contribution in [-0.2, 0) is 0 Å². The van der Waals surface area contributed by atoms with Crippen LogP contribution in [0.2, 0.25) is 0 Å². The summed E-state index contributed by atoms with van der Waals surface area (Å²) in [5.41, 5.74) is 3.70. The number of thiophene rings is 1. The molecule has 1 atom stereocenters. The number of aryl methyl sites for hydroxylation is 2. The van der Waals surface area contributed by atoms with Crippen LogP contribution in [0.1, 0.15) is 34.5 Å². The molecule has 2 rings (SSSR count). The SMILES string of the molecule is CCNC(c1cc(Br)c(Br)s1)c1cc(C)c(OC)cc1C. The molecule has 1 aromatic carbocycles. The highest BCUT2D eigenvalue weighted by atomic mass is 79.9. The van der Waals surface area contributed by atoms with Crippen LogP contribution in [0.5, 0.6) is 5.75 Å². The Balaban J connectivity index is 2.50. The minimum Gasteiger partial charge on any atom is -0.496 e. The molecule has 0 aliphatic heterocycles. The van der Waals surface area contributed by atoms with Crippen LogP contribution in [0.15, 0.2) is 26.5 Å². The molecule has 2 nitrogen and oxygen atoms in total. The zero-order valence-electron chi connectivity index (χ0n) is 12.6. The van der Waals surface area contributed by atoms with Gasteiger partial charge in [0.05, 0.1) is 16.9 Å². The topological polar surface area (TPSA) is 21.3 Å². The maximum Gasteiger partial charge on any atom is 0.122 e. The highest BCUT2D eigenvalue weighted by Crippen LogP contribution is 2.39. The van der Waals surface area contributed by atoms with Crippen LogP contribution in [0, 0.1) is 13.8 Å². The first-order valence-electron chi connectivity index (χ1n) is 6.81. The number of rotatable bonds is 5. The smallest absolute Gasteiger partial charge is 0.122 e. The first-order chi connectivity index (χ1) is 9.97. The highest BCUT2D eigenvalue weighted by molar-refractivity contribution is 9.13. The van der Waals surface area contributed by atoms with Gasteiger partial charge < -0.3 is 10.1 Å². The van der Waals surface area contributed by atoms with Crippen molar-refractivity contribution >= 4 is 43.2 Å². The number of ether oxygens (including phenoxy) is 1. The lowest BCUT2D eigenvalue weighted by molar-refractivity contribution is 0.411. The third-order valence-corrected chi connectivity index (χ3v) is 6.77. The van der Waals surface area contributed by atoms with Gasteiger partial charge in [-0.1, -0.05) is 13.0 Å². The van der Waals surface area contributed by atoms with Gasteiger partial charge in [-0.2, -0.15) is 0 Å². The van der Waals surface area contributed by atoms with Crippen molar-refractivity contribution in [3.8, 4) is 5.75 Å². The quantitative estimate of drug-likeness (QED) is 0.663. The molecular weight excluding hydrogens is 414 g/mol. The molecule has 0 saturated carbocycles. The second kappa shape index (κ2) is 7.27. The Labute approximate surface area is 147 Å². The number of nitrogens with one attached hydrogen (secondary N) is 1. The van der Waals surface area contributed by atoms with E-state index in [0.717, 1.165) is 26.1 Å². The van der Waals surface area contributed by atoms with Crippen molar-refractivity contribution in [1.82, 2.24) is 5.32 Å². The van der Waals surface area contributed by atoms with E-state index in [9.17, 15) is 0 Å².